The zero-order chi connectivity index (χ0) is 12.5. The van der Waals surface area contributed by atoms with Crippen LogP contribution in [-0.4, -0.2) is 6.04 Å². The van der Waals surface area contributed by atoms with Gasteiger partial charge in [0.05, 0.1) is 0 Å². The van der Waals surface area contributed by atoms with E-state index in [-0.39, 0.29) is 5.82 Å². The molecule has 0 aliphatic heterocycles. The van der Waals surface area contributed by atoms with E-state index in [4.69, 9.17) is 11.6 Å². The maximum Gasteiger partial charge on any atom is 0.126 e. The number of hydrogen-bond donors (Lipinski definition) is 1. The highest BCUT2D eigenvalue weighted by Crippen LogP contribution is 2.36. The largest absolute Gasteiger partial charge is 0.382 e. The summed E-state index contributed by atoms with van der Waals surface area (Å²) in [6, 6.07) is 5.05. The first-order chi connectivity index (χ1) is 7.94. The number of hydrogen-bond acceptors (Lipinski definition) is 1. The van der Waals surface area contributed by atoms with Crippen LogP contribution in [0.4, 0.5) is 10.1 Å². The normalized spacial score (nSPS) is 23.4. The van der Waals surface area contributed by atoms with E-state index in [9.17, 15) is 4.39 Å². The van der Waals surface area contributed by atoms with Gasteiger partial charge in [0.1, 0.15) is 5.82 Å². The maximum atomic E-state index is 13.2. The van der Waals surface area contributed by atoms with Crippen molar-refractivity contribution in [3.63, 3.8) is 0 Å². The second-order valence-electron chi connectivity index (χ2n) is 5.76. The number of halogens is 2. The molecule has 0 amide bonds. The predicted molar refractivity (Wildman–Crippen MR) is 71.1 cm³/mol. The molecule has 1 nitrogen and oxygen atoms in total. The van der Waals surface area contributed by atoms with Crippen LogP contribution < -0.4 is 5.32 Å². The summed E-state index contributed by atoms with van der Waals surface area (Å²) in [6.45, 7) is 4.58. The number of anilines is 1. The van der Waals surface area contributed by atoms with Crippen LogP contribution >= 0.6 is 11.6 Å². The highest BCUT2D eigenvalue weighted by atomic mass is 35.5. The topological polar surface area (TPSA) is 12.0 Å². The second-order valence-corrected chi connectivity index (χ2v) is 6.20. The van der Waals surface area contributed by atoms with Crippen LogP contribution in [0.15, 0.2) is 18.2 Å². The lowest BCUT2D eigenvalue weighted by Crippen LogP contribution is -2.31. The first-order valence-corrected chi connectivity index (χ1v) is 6.55. The summed E-state index contributed by atoms with van der Waals surface area (Å²) in [5.41, 5.74) is 1.17. The minimum atomic E-state index is -0.282. The van der Waals surface area contributed by atoms with Gasteiger partial charge in [-0.15, -0.1) is 0 Å². The van der Waals surface area contributed by atoms with E-state index < -0.39 is 0 Å². The first kappa shape index (κ1) is 12.7. The van der Waals surface area contributed by atoms with Crippen LogP contribution in [0.25, 0.3) is 0 Å². The van der Waals surface area contributed by atoms with Crippen molar-refractivity contribution in [1.29, 1.82) is 0 Å². The lowest BCUT2D eigenvalue weighted by molar-refractivity contribution is 0.229. The van der Waals surface area contributed by atoms with Crippen molar-refractivity contribution in [2.24, 2.45) is 5.41 Å². The molecule has 0 saturated heterocycles. The highest BCUT2D eigenvalue weighted by molar-refractivity contribution is 6.30. The van der Waals surface area contributed by atoms with E-state index >= 15 is 0 Å². The molecular formula is C14H19ClFN. The summed E-state index contributed by atoms with van der Waals surface area (Å²) in [5, 5.41) is 3.84. The SMILES string of the molecule is CC1(C)CCCC(Nc2cc(F)cc(Cl)c2)C1. The molecule has 1 unspecified atom stereocenters. The quantitative estimate of drug-likeness (QED) is 0.796. The van der Waals surface area contributed by atoms with Crippen LogP contribution in [0.2, 0.25) is 5.02 Å². The summed E-state index contributed by atoms with van der Waals surface area (Å²) in [7, 11) is 0. The maximum absolute atomic E-state index is 13.2. The molecule has 94 valence electrons. The van der Waals surface area contributed by atoms with Crippen molar-refractivity contribution in [3.05, 3.63) is 29.0 Å². The average molecular weight is 256 g/mol. The van der Waals surface area contributed by atoms with Crippen molar-refractivity contribution in [3.8, 4) is 0 Å². The van der Waals surface area contributed by atoms with E-state index in [2.05, 4.69) is 19.2 Å². The molecule has 0 aromatic heterocycles. The van der Waals surface area contributed by atoms with Crippen LogP contribution in [0.3, 0.4) is 0 Å². The predicted octanol–water partition coefficient (Wildman–Crippen LogP) is 4.86. The van der Waals surface area contributed by atoms with Crippen molar-refractivity contribution >= 4 is 17.3 Å². The average Bonchev–Trinajstić information content (AvgIpc) is 2.13. The monoisotopic (exact) mass is 255 g/mol. The van der Waals surface area contributed by atoms with E-state index in [0.717, 1.165) is 18.5 Å². The third kappa shape index (κ3) is 3.60. The van der Waals surface area contributed by atoms with Gasteiger partial charge >= 0.3 is 0 Å². The molecule has 2 rings (SSSR count). The Bertz CT molecular complexity index is 383. The summed E-state index contributed by atoms with van der Waals surface area (Å²) in [4.78, 5) is 0. The van der Waals surface area contributed by atoms with E-state index in [1.54, 1.807) is 6.07 Å². The Kier molecular flexibility index (Phi) is 3.62. The zero-order valence-electron chi connectivity index (χ0n) is 10.4. The number of benzene rings is 1. The highest BCUT2D eigenvalue weighted by Gasteiger charge is 2.27. The molecule has 1 aliphatic carbocycles. The molecule has 0 bridgehead atoms. The standard InChI is InChI=1S/C14H19ClFN/c1-14(2)5-3-4-12(9-14)17-13-7-10(15)6-11(16)8-13/h6-8,12,17H,3-5,9H2,1-2H3. The molecule has 1 N–H and O–H groups in total. The van der Waals surface area contributed by atoms with Crippen LogP contribution in [0.1, 0.15) is 39.5 Å². The summed E-state index contributed by atoms with van der Waals surface area (Å²) in [6.07, 6.45) is 4.78. The van der Waals surface area contributed by atoms with Gasteiger partial charge in [-0.05, 0) is 42.9 Å². The molecule has 0 heterocycles. The molecule has 1 aromatic carbocycles. The lowest BCUT2D eigenvalue weighted by atomic mass is 9.75. The van der Waals surface area contributed by atoms with Gasteiger partial charge in [0.15, 0.2) is 0 Å². The molecule has 0 radical (unpaired) electrons. The van der Waals surface area contributed by atoms with Gasteiger partial charge in [0, 0.05) is 16.8 Å². The molecule has 1 saturated carbocycles. The van der Waals surface area contributed by atoms with Crippen molar-refractivity contribution in [2.75, 3.05) is 5.32 Å². The van der Waals surface area contributed by atoms with Gasteiger partial charge in [-0.3, -0.25) is 0 Å². The fourth-order valence-corrected chi connectivity index (χ4v) is 2.92. The number of rotatable bonds is 2. The minimum absolute atomic E-state index is 0.282. The van der Waals surface area contributed by atoms with Crippen LogP contribution in [0.5, 0.6) is 0 Å². The zero-order valence-corrected chi connectivity index (χ0v) is 11.1. The lowest BCUT2D eigenvalue weighted by Gasteiger charge is -2.36. The Morgan fingerprint density at radius 2 is 2.12 bits per heavy atom. The molecule has 1 aliphatic rings. The van der Waals surface area contributed by atoms with Gasteiger partial charge in [0.2, 0.25) is 0 Å². The summed E-state index contributed by atoms with van der Waals surface area (Å²) < 4.78 is 13.2. The van der Waals surface area contributed by atoms with Crippen molar-refractivity contribution < 1.29 is 4.39 Å². The Balaban J connectivity index is 2.05. The molecule has 3 heteroatoms. The molecule has 0 spiro atoms. The van der Waals surface area contributed by atoms with E-state index in [0.29, 0.717) is 16.5 Å². The van der Waals surface area contributed by atoms with E-state index in [1.165, 1.54) is 25.0 Å². The van der Waals surface area contributed by atoms with Crippen molar-refractivity contribution in [2.45, 2.75) is 45.6 Å². The summed E-state index contributed by atoms with van der Waals surface area (Å²) in [5.74, 6) is -0.282. The van der Waals surface area contributed by atoms with E-state index in [1.807, 2.05) is 0 Å². The Hall–Kier alpha value is -0.760. The third-order valence-corrected chi connectivity index (χ3v) is 3.66. The molecule has 1 atom stereocenters. The Morgan fingerprint density at radius 3 is 2.76 bits per heavy atom. The third-order valence-electron chi connectivity index (χ3n) is 3.44. The smallest absolute Gasteiger partial charge is 0.126 e. The Labute approximate surface area is 107 Å². The van der Waals surface area contributed by atoms with Crippen LogP contribution in [-0.2, 0) is 0 Å². The van der Waals surface area contributed by atoms with Gasteiger partial charge < -0.3 is 5.32 Å². The van der Waals surface area contributed by atoms with Crippen LogP contribution in [0, 0.1) is 11.2 Å². The fourth-order valence-electron chi connectivity index (χ4n) is 2.69. The fraction of sp³-hybridized carbons (Fsp3) is 0.571. The van der Waals surface area contributed by atoms with Gasteiger partial charge in [-0.25, -0.2) is 4.39 Å². The minimum Gasteiger partial charge on any atom is -0.382 e. The molecule has 17 heavy (non-hydrogen) atoms. The Morgan fingerprint density at radius 1 is 1.35 bits per heavy atom. The molecule has 1 aromatic rings. The van der Waals surface area contributed by atoms with Crippen molar-refractivity contribution in [1.82, 2.24) is 0 Å². The summed E-state index contributed by atoms with van der Waals surface area (Å²) >= 11 is 5.84. The second kappa shape index (κ2) is 4.85. The number of nitrogens with one attached hydrogen (secondary N) is 1. The van der Waals surface area contributed by atoms with Gasteiger partial charge in [-0.1, -0.05) is 31.9 Å². The molecule has 1 fully saturated rings. The molecular weight excluding hydrogens is 237 g/mol. The first-order valence-electron chi connectivity index (χ1n) is 6.17. The van der Waals surface area contributed by atoms with Gasteiger partial charge in [-0.2, -0.15) is 0 Å². The van der Waals surface area contributed by atoms with Gasteiger partial charge in [0.25, 0.3) is 0 Å².